The lowest BCUT2D eigenvalue weighted by Crippen LogP contribution is -2.41. The summed E-state index contributed by atoms with van der Waals surface area (Å²) in [5.74, 6) is -1.10. The van der Waals surface area contributed by atoms with Gasteiger partial charge >= 0.3 is 5.97 Å². The van der Waals surface area contributed by atoms with Crippen LogP contribution in [0.25, 0.3) is 0 Å². The molecule has 0 bridgehead atoms. The van der Waals surface area contributed by atoms with Crippen LogP contribution in [0.5, 0.6) is 0 Å². The minimum atomic E-state index is -0.822. The van der Waals surface area contributed by atoms with E-state index < -0.39 is 11.4 Å². The molecule has 116 valence electrons. The molecule has 0 spiro atoms. The first-order valence-electron chi connectivity index (χ1n) is 7.25. The van der Waals surface area contributed by atoms with Crippen molar-refractivity contribution in [2.75, 3.05) is 6.54 Å². The molecule has 2 N–H and O–H groups in total. The van der Waals surface area contributed by atoms with Gasteiger partial charge in [0.15, 0.2) is 0 Å². The number of nitrogens with one attached hydrogen (secondary N) is 1. The largest absolute Gasteiger partial charge is 0.481 e. The molecule has 1 amide bonds. The quantitative estimate of drug-likeness (QED) is 0.877. The Labute approximate surface area is 129 Å². The summed E-state index contributed by atoms with van der Waals surface area (Å²) < 4.78 is 1.79. The Morgan fingerprint density at radius 2 is 2.05 bits per heavy atom. The molecule has 0 radical (unpaired) electrons. The van der Waals surface area contributed by atoms with Gasteiger partial charge in [0.1, 0.15) is 5.69 Å². The maximum Gasteiger partial charge on any atom is 0.311 e. The lowest BCUT2D eigenvalue weighted by atomic mass is 9.86. The van der Waals surface area contributed by atoms with E-state index in [2.05, 4.69) is 5.32 Å². The monoisotopic (exact) mass is 312 g/mol. The predicted molar refractivity (Wildman–Crippen MR) is 80.7 cm³/mol. The van der Waals surface area contributed by atoms with Crippen molar-refractivity contribution >= 4 is 23.5 Å². The van der Waals surface area contributed by atoms with Crippen LogP contribution in [-0.4, -0.2) is 28.1 Å². The first-order valence-corrected chi connectivity index (χ1v) is 7.62. The third-order valence-electron chi connectivity index (χ3n) is 4.21. The Hall–Kier alpha value is -1.49. The molecule has 0 aliphatic heterocycles. The first kappa shape index (κ1) is 15.9. The molecule has 1 heterocycles. The van der Waals surface area contributed by atoms with Gasteiger partial charge in [0.05, 0.1) is 10.4 Å². The van der Waals surface area contributed by atoms with Gasteiger partial charge in [-0.05, 0) is 32.8 Å². The third-order valence-corrected chi connectivity index (χ3v) is 4.41. The standard InChI is InChI=1S/C15H21ClN2O3/c1-10(2)18-8-11(16)7-12(18)13(19)17-9-15(14(20)21)5-3-4-6-15/h7-8,10H,3-6,9H2,1-2H3,(H,17,19)(H,20,21). The predicted octanol–water partition coefficient (Wildman–Crippen LogP) is 3.10. The number of carbonyl (C=O) groups excluding carboxylic acids is 1. The van der Waals surface area contributed by atoms with Gasteiger partial charge in [-0.3, -0.25) is 9.59 Å². The Kier molecular flexibility index (Phi) is 4.61. The topological polar surface area (TPSA) is 71.3 Å². The van der Waals surface area contributed by atoms with E-state index in [0.717, 1.165) is 12.8 Å². The van der Waals surface area contributed by atoms with Crippen LogP contribution in [0.15, 0.2) is 12.3 Å². The van der Waals surface area contributed by atoms with E-state index in [0.29, 0.717) is 23.6 Å². The maximum atomic E-state index is 12.3. The zero-order valence-corrected chi connectivity index (χ0v) is 13.1. The second kappa shape index (κ2) is 6.10. The maximum absolute atomic E-state index is 12.3. The smallest absolute Gasteiger partial charge is 0.311 e. The molecular formula is C15H21ClN2O3. The molecule has 1 aromatic heterocycles. The zero-order chi connectivity index (χ0) is 15.6. The number of carbonyl (C=O) groups is 2. The highest BCUT2D eigenvalue weighted by molar-refractivity contribution is 6.31. The number of amides is 1. The van der Waals surface area contributed by atoms with Crippen LogP contribution in [0.2, 0.25) is 5.02 Å². The number of halogens is 1. The van der Waals surface area contributed by atoms with Crippen molar-refractivity contribution in [3.8, 4) is 0 Å². The molecule has 0 saturated heterocycles. The van der Waals surface area contributed by atoms with E-state index >= 15 is 0 Å². The van der Waals surface area contributed by atoms with E-state index in [-0.39, 0.29) is 18.5 Å². The number of carboxylic acid groups (broad SMARTS) is 1. The highest BCUT2D eigenvalue weighted by Crippen LogP contribution is 2.37. The molecule has 6 heteroatoms. The van der Waals surface area contributed by atoms with Crippen LogP contribution in [-0.2, 0) is 4.79 Å². The molecule has 0 unspecified atom stereocenters. The molecule has 21 heavy (non-hydrogen) atoms. The summed E-state index contributed by atoms with van der Waals surface area (Å²) >= 11 is 5.96. The second-order valence-corrected chi connectivity index (χ2v) is 6.46. The second-order valence-electron chi connectivity index (χ2n) is 6.02. The van der Waals surface area contributed by atoms with Crippen LogP contribution < -0.4 is 5.32 Å². The van der Waals surface area contributed by atoms with Crippen molar-refractivity contribution < 1.29 is 14.7 Å². The van der Waals surface area contributed by atoms with Gasteiger partial charge in [-0.1, -0.05) is 24.4 Å². The molecule has 5 nitrogen and oxygen atoms in total. The summed E-state index contributed by atoms with van der Waals surface area (Å²) in [6, 6.07) is 1.72. The summed E-state index contributed by atoms with van der Waals surface area (Å²) in [6.07, 6.45) is 4.75. The molecule has 0 aromatic carbocycles. The molecular weight excluding hydrogens is 292 g/mol. The van der Waals surface area contributed by atoms with Crippen LogP contribution in [0.4, 0.5) is 0 Å². The normalized spacial score (nSPS) is 17.1. The number of nitrogens with zero attached hydrogens (tertiary/aromatic N) is 1. The molecule has 1 aliphatic carbocycles. The van der Waals surface area contributed by atoms with Crippen LogP contribution in [0.1, 0.15) is 56.1 Å². The van der Waals surface area contributed by atoms with Crippen molar-refractivity contribution in [1.29, 1.82) is 0 Å². The minimum absolute atomic E-state index is 0.109. The highest BCUT2D eigenvalue weighted by Gasteiger charge is 2.41. The zero-order valence-electron chi connectivity index (χ0n) is 12.4. The molecule has 1 fully saturated rings. The summed E-state index contributed by atoms with van der Waals surface area (Å²) in [4.78, 5) is 23.8. The first-order chi connectivity index (χ1) is 9.85. The molecule has 1 aromatic rings. The van der Waals surface area contributed by atoms with Gasteiger partial charge in [-0.25, -0.2) is 0 Å². The Balaban J connectivity index is 2.10. The summed E-state index contributed by atoms with van der Waals surface area (Å²) in [5.41, 5.74) is -0.345. The summed E-state index contributed by atoms with van der Waals surface area (Å²) in [7, 11) is 0. The van der Waals surface area contributed by atoms with Crippen molar-refractivity contribution in [2.45, 2.75) is 45.6 Å². The average Bonchev–Trinajstić information content (AvgIpc) is 3.03. The lowest BCUT2D eigenvalue weighted by molar-refractivity contribution is -0.148. The van der Waals surface area contributed by atoms with E-state index in [1.807, 2.05) is 13.8 Å². The fourth-order valence-electron chi connectivity index (χ4n) is 2.91. The summed E-state index contributed by atoms with van der Waals surface area (Å²) in [5, 5.41) is 12.7. The minimum Gasteiger partial charge on any atom is -0.481 e. The van der Waals surface area contributed by atoms with E-state index in [1.54, 1.807) is 16.8 Å². The Bertz CT molecular complexity index is 545. The highest BCUT2D eigenvalue weighted by atomic mass is 35.5. The van der Waals surface area contributed by atoms with Crippen LogP contribution >= 0.6 is 11.6 Å². The number of aliphatic carboxylic acids is 1. The van der Waals surface area contributed by atoms with Gasteiger partial charge in [-0.15, -0.1) is 0 Å². The summed E-state index contributed by atoms with van der Waals surface area (Å²) in [6.45, 7) is 4.09. The Morgan fingerprint density at radius 1 is 1.43 bits per heavy atom. The van der Waals surface area contributed by atoms with Crippen LogP contribution in [0, 0.1) is 5.41 Å². The van der Waals surface area contributed by atoms with Crippen molar-refractivity contribution in [1.82, 2.24) is 9.88 Å². The molecule has 1 aliphatic rings. The van der Waals surface area contributed by atoms with Crippen molar-refractivity contribution in [2.24, 2.45) is 5.41 Å². The third kappa shape index (κ3) is 3.23. The van der Waals surface area contributed by atoms with Crippen molar-refractivity contribution in [3.05, 3.63) is 23.0 Å². The number of hydrogen-bond acceptors (Lipinski definition) is 2. The van der Waals surface area contributed by atoms with Gasteiger partial charge in [0.25, 0.3) is 5.91 Å². The molecule has 2 rings (SSSR count). The number of rotatable bonds is 5. The van der Waals surface area contributed by atoms with E-state index in [9.17, 15) is 14.7 Å². The van der Waals surface area contributed by atoms with Crippen molar-refractivity contribution in [3.63, 3.8) is 0 Å². The van der Waals surface area contributed by atoms with E-state index in [4.69, 9.17) is 11.6 Å². The average molecular weight is 313 g/mol. The fourth-order valence-corrected chi connectivity index (χ4v) is 3.12. The number of hydrogen-bond donors (Lipinski definition) is 2. The van der Waals surface area contributed by atoms with Gasteiger partial charge in [0.2, 0.25) is 0 Å². The van der Waals surface area contributed by atoms with Crippen LogP contribution in [0.3, 0.4) is 0 Å². The van der Waals surface area contributed by atoms with Gasteiger partial charge in [0, 0.05) is 18.8 Å². The number of carboxylic acids is 1. The van der Waals surface area contributed by atoms with Gasteiger partial charge < -0.3 is 15.0 Å². The van der Waals surface area contributed by atoms with E-state index in [1.165, 1.54) is 0 Å². The SMILES string of the molecule is CC(C)n1cc(Cl)cc1C(=O)NCC1(C(=O)O)CCCC1. The molecule has 0 atom stereocenters. The molecule has 1 saturated carbocycles. The fraction of sp³-hybridized carbons (Fsp3) is 0.600. The number of aromatic nitrogens is 1. The van der Waals surface area contributed by atoms with Gasteiger partial charge in [-0.2, -0.15) is 0 Å². The Morgan fingerprint density at radius 3 is 2.57 bits per heavy atom. The lowest BCUT2D eigenvalue weighted by Gasteiger charge is -2.24.